The molecule has 0 radical (unpaired) electrons. The number of fused-ring (bicyclic) bond motifs is 3. The van der Waals surface area contributed by atoms with Crippen LogP contribution in [-0.4, -0.2) is 25.1 Å². The smallest absolute Gasteiger partial charge is 0.272 e. The van der Waals surface area contributed by atoms with Gasteiger partial charge in [0, 0.05) is 30.1 Å². The number of aryl methyl sites for hydroxylation is 2. The van der Waals surface area contributed by atoms with Gasteiger partial charge in [0.05, 0.1) is 5.52 Å². The van der Waals surface area contributed by atoms with E-state index in [0.717, 1.165) is 11.9 Å². The summed E-state index contributed by atoms with van der Waals surface area (Å²) in [5, 5.41) is 13.8. The minimum Gasteiger partial charge on any atom is -0.326 e. The fraction of sp³-hybridized carbons (Fsp3) is 0.263. The van der Waals surface area contributed by atoms with E-state index in [1.54, 1.807) is 28.8 Å². The number of nitrogens with one attached hydrogen (secondary N) is 1. The third-order valence-electron chi connectivity index (χ3n) is 4.41. The summed E-state index contributed by atoms with van der Waals surface area (Å²) in [7, 11) is 0. The highest BCUT2D eigenvalue weighted by atomic mass is 35.5. The van der Waals surface area contributed by atoms with Crippen LogP contribution in [0.3, 0.4) is 0 Å². The summed E-state index contributed by atoms with van der Waals surface area (Å²) in [5.74, 6) is 1.04. The molecule has 0 fully saturated rings. The molecule has 1 amide bonds. The van der Waals surface area contributed by atoms with Crippen LogP contribution in [0.1, 0.15) is 25.6 Å². The molecule has 4 rings (SSSR count). The first-order valence-corrected chi connectivity index (χ1v) is 10.2. The number of carbonyl (C=O) groups excluding carboxylic acids is 1. The molecule has 0 aliphatic rings. The van der Waals surface area contributed by atoms with Gasteiger partial charge in [-0.2, -0.15) is 0 Å². The summed E-state index contributed by atoms with van der Waals surface area (Å²) >= 11 is 7.36. The molecule has 0 saturated carbocycles. The molecule has 3 aromatic heterocycles. The zero-order valence-electron chi connectivity index (χ0n) is 15.2. The van der Waals surface area contributed by atoms with E-state index in [0.29, 0.717) is 40.0 Å². The van der Waals surface area contributed by atoms with Gasteiger partial charge in [0.25, 0.3) is 5.56 Å². The van der Waals surface area contributed by atoms with Crippen LogP contribution in [0, 0.1) is 0 Å². The number of halogens is 1. The second-order valence-electron chi connectivity index (χ2n) is 6.40. The van der Waals surface area contributed by atoms with Gasteiger partial charge in [0.15, 0.2) is 0 Å². The van der Waals surface area contributed by atoms with Crippen LogP contribution >= 0.6 is 22.9 Å². The maximum absolute atomic E-state index is 12.7. The molecule has 0 spiro atoms. The number of anilines is 1. The fourth-order valence-electron chi connectivity index (χ4n) is 3.18. The van der Waals surface area contributed by atoms with Crippen molar-refractivity contribution in [2.24, 2.45) is 0 Å². The van der Waals surface area contributed by atoms with Crippen molar-refractivity contribution in [1.82, 2.24) is 19.2 Å². The van der Waals surface area contributed by atoms with Gasteiger partial charge in [-0.05, 0) is 36.1 Å². The van der Waals surface area contributed by atoms with E-state index in [4.69, 9.17) is 11.6 Å². The maximum atomic E-state index is 12.7. The Morgan fingerprint density at radius 1 is 1.29 bits per heavy atom. The summed E-state index contributed by atoms with van der Waals surface area (Å²) in [6, 6.07) is 8.91. The summed E-state index contributed by atoms with van der Waals surface area (Å²) < 4.78 is 4.21. The predicted octanol–water partition coefficient (Wildman–Crippen LogP) is 3.74. The van der Waals surface area contributed by atoms with Crippen molar-refractivity contribution in [2.75, 3.05) is 5.32 Å². The number of benzene rings is 1. The predicted molar refractivity (Wildman–Crippen MR) is 111 cm³/mol. The van der Waals surface area contributed by atoms with Gasteiger partial charge in [0.2, 0.25) is 11.7 Å². The molecule has 0 saturated heterocycles. The molecular formula is C19H18ClN5O2S. The van der Waals surface area contributed by atoms with Crippen LogP contribution < -0.4 is 10.9 Å². The van der Waals surface area contributed by atoms with Gasteiger partial charge in [-0.3, -0.25) is 18.6 Å². The fourth-order valence-corrected chi connectivity index (χ4v) is 4.20. The SMILES string of the molecule is CCCn1c(=O)c2sccc2n2c(CCC(=O)Nc3cccc(Cl)c3)nnc12. The first-order chi connectivity index (χ1) is 13.6. The van der Waals surface area contributed by atoms with Gasteiger partial charge in [-0.25, -0.2) is 0 Å². The molecule has 0 aliphatic carbocycles. The number of hydrogen-bond acceptors (Lipinski definition) is 5. The second-order valence-corrected chi connectivity index (χ2v) is 7.75. The molecule has 4 aromatic rings. The van der Waals surface area contributed by atoms with Gasteiger partial charge >= 0.3 is 0 Å². The first-order valence-electron chi connectivity index (χ1n) is 8.98. The number of nitrogens with zero attached hydrogens (tertiary/aromatic N) is 4. The Kier molecular flexibility index (Phi) is 5.15. The molecule has 1 aromatic carbocycles. The highest BCUT2D eigenvalue weighted by Gasteiger charge is 2.17. The van der Waals surface area contributed by atoms with Crippen molar-refractivity contribution in [1.29, 1.82) is 0 Å². The van der Waals surface area contributed by atoms with E-state index < -0.39 is 0 Å². The van der Waals surface area contributed by atoms with Crippen LogP contribution in [0.5, 0.6) is 0 Å². The molecule has 28 heavy (non-hydrogen) atoms. The normalized spacial score (nSPS) is 11.4. The largest absolute Gasteiger partial charge is 0.326 e. The van der Waals surface area contributed by atoms with Gasteiger partial charge in [-0.1, -0.05) is 24.6 Å². The number of rotatable bonds is 6. The average molecular weight is 416 g/mol. The molecule has 3 heterocycles. The Morgan fingerprint density at radius 3 is 2.93 bits per heavy atom. The molecule has 0 atom stereocenters. The minimum absolute atomic E-state index is 0.0444. The van der Waals surface area contributed by atoms with Gasteiger partial charge < -0.3 is 5.32 Å². The third-order valence-corrected chi connectivity index (χ3v) is 5.54. The molecule has 1 N–H and O–H groups in total. The zero-order chi connectivity index (χ0) is 19.7. The molecule has 7 nitrogen and oxygen atoms in total. The Labute approximate surface area is 169 Å². The first kappa shape index (κ1) is 18.6. The summed E-state index contributed by atoms with van der Waals surface area (Å²) in [5.41, 5.74) is 1.39. The number of aromatic nitrogens is 4. The molecular weight excluding hydrogens is 398 g/mol. The van der Waals surface area contributed by atoms with Crippen LogP contribution in [-0.2, 0) is 17.8 Å². The highest BCUT2D eigenvalue weighted by Crippen LogP contribution is 2.21. The lowest BCUT2D eigenvalue weighted by atomic mass is 10.2. The van der Waals surface area contributed by atoms with Gasteiger partial charge in [-0.15, -0.1) is 21.5 Å². The van der Waals surface area contributed by atoms with Crippen molar-refractivity contribution in [2.45, 2.75) is 32.7 Å². The highest BCUT2D eigenvalue weighted by molar-refractivity contribution is 7.17. The van der Waals surface area contributed by atoms with Crippen molar-refractivity contribution < 1.29 is 4.79 Å². The van der Waals surface area contributed by atoms with Crippen molar-refractivity contribution in [3.05, 3.63) is 56.9 Å². The molecule has 144 valence electrons. The standard InChI is InChI=1S/C19H18ClN5O2S/c1-2-9-24-18(27)17-14(8-10-28-17)25-15(22-23-19(24)25)6-7-16(26)21-13-5-3-4-12(20)11-13/h3-5,8,10-11H,2,6-7,9H2,1H3,(H,21,26). The van der Waals surface area contributed by atoms with Crippen molar-refractivity contribution >= 4 is 50.5 Å². The van der Waals surface area contributed by atoms with E-state index in [9.17, 15) is 9.59 Å². The maximum Gasteiger partial charge on any atom is 0.272 e. The molecule has 9 heteroatoms. The quantitative estimate of drug-likeness (QED) is 0.520. The Bertz CT molecular complexity index is 1230. The lowest BCUT2D eigenvalue weighted by Gasteiger charge is -2.08. The number of thiophene rings is 1. The van der Waals surface area contributed by atoms with E-state index in [-0.39, 0.29) is 17.9 Å². The van der Waals surface area contributed by atoms with Crippen LogP contribution in [0.4, 0.5) is 5.69 Å². The van der Waals surface area contributed by atoms with Crippen LogP contribution in [0.15, 0.2) is 40.5 Å². The average Bonchev–Trinajstić information content (AvgIpc) is 3.30. The third kappa shape index (κ3) is 3.41. The van der Waals surface area contributed by atoms with E-state index in [1.807, 2.05) is 22.8 Å². The van der Waals surface area contributed by atoms with E-state index >= 15 is 0 Å². The topological polar surface area (TPSA) is 81.3 Å². The number of amides is 1. The summed E-state index contributed by atoms with van der Waals surface area (Å²) in [4.78, 5) is 25.0. The van der Waals surface area contributed by atoms with E-state index in [2.05, 4.69) is 15.5 Å². The minimum atomic E-state index is -0.137. The Morgan fingerprint density at radius 2 is 2.14 bits per heavy atom. The van der Waals surface area contributed by atoms with E-state index in [1.165, 1.54) is 11.3 Å². The van der Waals surface area contributed by atoms with Gasteiger partial charge in [0.1, 0.15) is 10.5 Å². The van der Waals surface area contributed by atoms with Crippen LogP contribution in [0.2, 0.25) is 5.02 Å². The number of hydrogen-bond donors (Lipinski definition) is 1. The van der Waals surface area contributed by atoms with Crippen molar-refractivity contribution in [3.63, 3.8) is 0 Å². The molecule has 0 aliphatic heterocycles. The number of carbonyl (C=O) groups is 1. The molecule has 0 bridgehead atoms. The lowest BCUT2D eigenvalue weighted by Crippen LogP contribution is -2.22. The monoisotopic (exact) mass is 415 g/mol. The zero-order valence-corrected chi connectivity index (χ0v) is 16.8. The lowest BCUT2D eigenvalue weighted by molar-refractivity contribution is -0.116. The van der Waals surface area contributed by atoms with Crippen molar-refractivity contribution in [3.8, 4) is 0 Å². The summed E-state index contributed by atoms with van der Waals surface area (Å²) in [6.07, 6.45) is 1.46. The van der Waals surface area contributed by atoms with Crippen LogP contribution in [0.25, 0.3) is 16.0 Å². The second kappa shape index (κ2) is 7.73. The Hall–Kier alpha value is -2.71. The Balaban J connectivity index is 1.63. The summed E-state index contributed by atoms with van der Waals surface area (Å²) in [6.45, 7) is 2.59. The molecule has 0 unspecified atom stereocenters.